The summed E-state index contributed by atoms with van der Waals surface area (Å²) in [5.74, 6) is -0.00201. The lowest BCUT2D eigenvalue weighted by Gasteiger charge is -2.27. The predicted octanol–water partition coefficient (Wildman–Crippen LogP) is 3.46. The van der Waals surface area contributed by atoms with Gasteiger partial charge in [-0.15, -0.1) is 0 Å². The molecule has 0 N–H and O–H groups in total. The maximum atomic E-state index is 13.0. The lowest BCUT2D eigenvalue weighted by atomic mass is 10.0. The first kappa shape index (κ1) is 18.3. The van der Waals surface area contributed by atoms with Crippen LogP contribution in [0.15, 0.2) is 54.9 Å². The van der Waals surface area contributed by atoms with Gasteiger partial charge in [0.15, 0.2) is 9.84 Å². The molecule has 0 spiro atoms. The van der Waals surface area contributed by atoms with Crippen LogP contribution in [0, 0.1) is 0 Å². The first-order valence-corrected chi connectivity index (χ1v) is 10.3. The quantitative estimate of drug-likeness (QED) is 0.808. The molecule has 1 atom stereocenters. The van der Waals surface area contributed by atoms with Crippen LogP contribution in [0.2, 0.25) is 0 Å². The SMILES string of the molecule is CC[C@@H](c1cccnc1)N(C)C(=O)c1cccc(C2=CCCS2(=O)=O)c1. The van der Waals surface area contributed by atoms with Crippen LogP contribution in [-0.2, 0) is 9.84 Å². The molecular formula is C20H22N2O3S. The molecule has 2 heterocycles. The van der Waals surface area contributed by atoms with Gasteiger partial charge in [0.1, 0.15) is 0 Å². The van der Waals surface area contributed by atoms with E-state index in [2.05, 4.69) is 4.98 Å². The third-order valence-corrected chi connectivity index (χ3v) is 6.53. The molecule has 1 amide bonds. The number of nitrogens with zero attached hydrogens (tertiary/aromatic N) is 2. The second-order valence-electron chi connectivity index (χ2n) is 6.38. The number of carbonyl (C=O) groups excluding carboxylic acids is 1. The smallest absolute Gasteiger partial charge is 0.254 e. The van der Waals surface area contributed by atoms with Gasteiger partial charge in [0.25, 0.3) is 5.91 Å². The molecule has 26 heavy (non-hydrogen) atoms. The Bertz CT molecular complexity index is 937. The standard InChI is InChI=1S/C20H22N2O3S/c1-3-18(17-9-5-11-21-14-17)22(2)20(23)16-8-4-7-15(13-16)19-10-6-12-26(19,24)25/h4-5,7-11,13-14,18H,3,6,12H2,1-2H3/t18-/m0/s1. The summed E-state index contributed by atoms with van der Waals surface area (Å²) in [5.41, 5.74) is 2.04. The van der Waals surface area contributed by atoms with Crippen molar-refractivity contribution >= 4 is 20.6 Å². The predicted molar refractivity (Wildman–Crippen MR) is 102 cm³/mol. The number of rotatable bonds is 5. The number of allylic oxidation sites excluding steroid dienone is 1. The Morgan fingerprint density at radius 3 is 2.69 bits per heavy atom. The van der Waals surface area contributed by atoms with Crippen molar-refractivity contribution in [3.05, 3.63) is 71.6 Å². The molecule has 1 aliphatic heterocycles. The van der Waals surface area contributed by atoms with Crippen molar-refractivity contribution in [2.45, 2.75) is 25.8 Å². The van der Waals surface area contributed by atoms with E-state index in [1.807, 2.05) is 19.1 Å². The Balaban J connectivity index is 1.89. The number of sulfone groups is 1. The molecule has 0 bridgehead atoms. The van der Waals surface area contributed by atoms with E-state index in [1.165, 1.54) is 0 Å². The molecule has 0 fully saturated rings. The monoisotopic (exact) mass is 370 g/mol. The summed E-state index contributed by atoms with van der Waals surface area (Å²) >= 11 is 0. The molecule has 136 valence electrons. The molecule has 1 aliphatic rings. The largest absolute Gasteiger partial charge is 0.335 e. The third kappa shape index (κ3) is 3.55. The van der Waals surface area contributed by atoms with Crippen molar-refractivity contribution in [1.29, 1.82) is 0 Å². The van der Waals surface area contributed by atoms with Crippen molar-refractivity contribution in [2.75, 3.05) is 12.8 Å². The first-order valence-electron chi connectivity index (χ1n) is 8.64. The van der Waals surface area contributed by atoms with Crippen molar-refractivity contribution in [3.63, 3.8) is 0 Å². The Morgan fingerprint density at radius 2 is 2.08 bits per heavy atom. The molecule has 1 aromatic carbocycles. The Hall–Kier alpha value is -2.47. The minimum absolute atomic E-state index is 0.0886. The summed E-state index contributed by atoms with van der Waals surface area (Å²) in [7, 11) is -1.47. The minimum atomic E-state index is -3.24. The van der Waals surface area contributed by atoms with Gasteiger partial charge in [-0.05, 0) is 42.2 Å². The lowest BCUT2D eigenvalue weighted by molar-refractivity contribution is 0.0726. The highest BCUT2D eigenvalue weighted by atomic mass is 32.2. The normalized spacial score (nSPS) is 16.8. The number of benzene rings is 1. The highest BCUT2D eigenvalue weighted by Crippen LogP contribution is 2.30. The summed E-state index contributed by atoms with van der Waals surface area (Å²) in [6.45, 7) is 2.02. The van der Waals surface area contributed by atoms with Crippen LogP contribution in [0.25, 0.3) is 4.91 Å². The molecule has 0 unspecified atom stereocenters. The van der Waals surface area contributed by atoms with Gasteiger partial charge in [-0.3, -0.25) is 9.78 Å². The number of hydrogen-bond acceptors (Lipinski definition) is 4. The first-order chi connectivity index (χ1) is 12.4. The van der Waals surface area contributed by atoms with Crippen LogP contribution in [0.4, 0.5) is 0 Å². The number of aromatic nitrogens is 1. The molecule has 0 aliphatic carbocycles. The molecular weight excluding hydrogens is 348 g/mol. The van der Waals surface area contributed by atoms with E-state index in [0.717, 1.165) is 12.0 Å². The van der Waals surface area contributed by atoms with E-state index in [-0.39, 0.29) is 17.7 Å². The summed E-state index contributed by atoms with van der Waals surface area (Å²) in [6.07, 6.45) is 6.48. The van der Waals surface area contributed by atoms with Crippen molar-refractivity contribution < 1.29 is 13.2 Å². The Kier molecular flexibility index (Phi) is 5.23. The van der Waals surface area contributed by atoms with Crippen molar-refractivity contribution in [1.82, 2.24) is 9.88 Å². The highest BCUT2D eigenvalue weighted by molar-refractivity contribution is 8.00. The zero-order valence-corrected chi connectivity index (χ0v) is 15.7. The van der Waals surface area contributed by atoms with Gasteiger partial charge in [-0.2, -0.15) is 0 Å². The summed E-state index contributed by atoms with van der Waals surface area (Å²) in [4.78, 5) is 19.1. The van der Waals surface area contributed by atoms with E-state index in [1.54, 1.807) is 54.7 Å². The van der Waals surface area contributed by atoms with Crippen LogP contribution < -0.4 is 0 Å². The van der Waals surface area contributed by atoms with Gasteiger partial charge >= 0.3 is 0 Å². The maximum Gasteiger partial charge on any atom is 0.254 e. The lowest BCUT2D eigenvalue weighted by Crippen LogP contribution is -2.31. The zero-order valence-electron chi connectivity index (χ0n) is 14.9. The van der Waals surface area contributed by atoms with Gasteiger partial charge in [0.05, 0.1) is 16.7 Å². The van der Waals surface area contributed by atoms with Crippen LogP contribution >= 0.6 is 0 Å². The molecule has 0 saturated heterocycles. The number of pyridine rings is 1. The Labute approximate surface area is 154 Å². The number of hydrogen-bond donors (Lipinski definition) is 0. The van der Waals surface area contributed by atoms with Crippen LogP contribution in [0.3, 0.4) is 0 Å². The van der Waals surface area contributed by atoms with Gasteiger partial charge in [0.2, 0.25) is 0 Å². The second kappa shape index (κ2) is 7.41. The van der Waals surface area contributed by atoms with E-state index in [9.17, 15) is 13.2 Å². The number of carbonyl (C=O) groups is 1. The molecule has 3 rings (SSSR count). The summed E-state index contributed by atoms with van der Waals surface area (Å²) in [6, 6.07) is 10.6. The topological polar surface area (TPSA) is 67.3 Å². The average Bonchev–Trinajstić information content (AvgIpc) is 3.01. The van der Waals surface area contributed by atoms with E-state index >= 15 is 0 Å². The summed E-state index contributed by atoms with van der Waals surface area (Å²) < 4.78 is 24.3. The molecule has 5 nitrogen and oxygen atoms in total. The van der Waals surface area contributed by atoms with E-state index in [4.69, 9.17) is 0 Å². The van der Waals surface area contributed by atoms with Gasteiger partial charge in [-0.1, -0.05) is 31.2 Å². The fraction of sp³-hybridized carbons (Fsp3) is 0.300. The maximum absolute atomic E-state index is 13.0. The molecule has 6 heteroatoms. The molecule has 2 aromatic rings. The van der Waals surface area contributed by atoms with Crippen molar-refractivity contribution in [3.8, 4) is 0 Å². The zero-order chi connectivity index (χ0) is 18.7. The van der Waals surface area contributed by atoms with E-state index < -0.39 is 9.84 Å². The van der Waals surface area contributed by atoms with E-state index in [0.29, 0.717) is 22.5 Å². The van der Waals surface area contributed by atoms with Crippen LogP contribution in [0.5, 0.6) is 0 Å². The highest BCUT2D eigenvalue weighted by Gasteiger charge is 2.26. The Morgan fingerprint density at radius 1 is 1.27 bits per heavy atom. The van der Waals surface area contributed by atoms with Crippen molar-refractivity contribution in [2.24, 2.45) is 0 Å². The van der Waals surface area contributed by atoms with Gasteiger partial charge in [-0.25, -0.2) is 8.42 Å². The summed E-state index contributed by atoms with van der Waals surface area (Å²) in [5, 5.41) is 0. The average molecular weight is 370 g/mol. The number of amides is 1. The van der Waals surface area contributed by atoms with Crippen LogP contribution in [0.1, 0.15) is 47.3 Å². The fourth-order valence-electron chi connectivity index (χ4n) is 3.34. The molecule has 0 radical (unpaired) electrons. The van der Waals surface area contributed by atoms with Gasteiger partial charge < -0.3 is 4.90 Å². The third-order valence-electron chi connectivity index (χ3n) is 4.69. The minimum Gasteiger partial charge on any atom is -0.335 e. The molecule has 0 saturated carbocycles. The fourth-order valence-corrected chi connectivity index (χ4v) is 4.84. The second-order valence-corrected chi connectivity index (χ2v) is 8.46. The van der Waals surface area contributed by atoms with Crippen LogP contribution in [-0.4, -0.2) is 37.0 Å². The molecule has 1 aromatic heterocycles. The van der Waals surface area contributed by atoms with Gasteiger partial charge in [0, 0.05) is 25.0 Å².